The fraction of sp³-hybridized carbons (Fsp3) is 0.524. The molecule has 2 atom stereocenters. The minimum Gasteiger partial charge on any atom is -0.375 e. The van der Waals surface area contributed by atoms with Crippen molar-refractivity contribution in [3.05, 3.63) is 42.1 Å². The van der Waals surface area contributed by atoms with Crippen molar-refractivity contribution in [2.45, 2.75) is 31.5 Å². The van der Waals surface area contributed by atoms with E-state index in [1.54, 1.807) is 0 Å². The van der Waals surface area contributed by atoms with Crippen LogP contribution in [0.2, 0.25) is 0 Å². The zero-order valence-corrected chi connectivity index (χ0v) is 18.7. The number of guanidine groups is 1. The second kappa shape index (κ2) is 10.4. The molecule has 0 bridgehead atoms. The number of fused-ring (bicyclic) bond motifs is 1. The second-order valence-corrected chi connectivity index (χ2v) is 7.12. The quantitative estimate of drug-likeness (QED) is 0.401. The molecule has 1 N–H and O–H groups in total. The molecule has 4 rings (SSSR count). The monoisotopic (exact) mass is 496 g/mol. The predicted molar refractivity (Wildman–Crippen MR) is 123 cm³/mol. The van der Waals surface area contributed by atoms with Gasteiger partial charge >= 0.3 is 0 Å². The number of hydrogen-bond acceptors (Lipinski definition) is 4. The Morgan fingerprint density at radius 2 is 2.07 bits per heavy atom. The smallest absolute Gasteiger partial charge is 0.193 e. The molecule has 7 heteroatoms. The molecule has 0 amide bonds. The van der Waals surface area contributed by atoms with Gasteiger partial charge < -0.3 is 19.7 Å². The number of hydrogen-bond donors (Lipinski definition) is 1. The Balaban J connectivity index is 0.00000225. The summed E-state index contributed by atoms with van der Waals surface area (Å²) in [5.74, 6) is 0.939. The highest BCUT2D eigenvalue weighted by Gasteiger charge is 2.32. The largest absolute Gasteiger partial charge is 0.375 e. The van der Waals surface area contributed by atoms with Crippen molar-refractivity contribution in [2.24, 2.45) is 4.99 Å². The van der Waals surface area contributed by atoms with E-state index >= 15 is 0 Å². The molecular formula is C21H29IN4O2. The van der Waals surface area contributed by atoms with Gasteiger partial charge in [0.1, 0.15) is 6.10 Å². The third kappa shape index (κ3) is 4.93. The predicted octanol–water partition coefficient (Wildman–Crippen LogP) is 2.85. The Bertz CT molecular complexity index is 790. The van der Waals surface area contributed by atoms with Gasteiger partial charge in [0.2, 0.25) is 0 Å². The van der Waals surface area contributed by atoms with Gasteiger partial charge in [0, 0.05) is 44.9 Å². The second-order valence-electron chi connectivity index (χ2n) is 7.12. The van der Waals surface area contributed by atoms with Crippen molar-refractivity contribution < 1.29 is 9.47 Å². The number of nitrogens with zero attached hydrogens (tertiary/aromatic N) is 3. The molecule has 6 nitrogen and oxygen atoms in total. The molecular weight excluding hydrogens is 467 g/mol. The summed E-state index contributed by atoms with van der Waals surface area (Å²) in [4.78, 5) is 11.3. The topological polar surface area (TPSA) is 59.0 Å². The van der Waals surface area contributed by atoms with E-state index < -0.39 is 0 Å². The maximum absolute atomic E-state index is 5.95. The van der Waals surface area contributed by atoms with E-state index in [-0.39, 0.29) is 36.2 Å². The molecule has 152 valence electrons. The highest BCUT2D eigenvalue weighted by Crippen LogP contribution is 2.21. The Morgan fingerprint density at radius 3 is 2.89 bits per heavy atom. The standard InChI is InChI=1S/C21H28N4O2.HI/c1-22-21(25-12-14-27-19(15-25)18-8-4-13-26-18)24-11-9-17-6-2-5-16-7-3-10-23-20(16)17;/h2-3,5-7,10,18-19H,4,8-9,11-15H2,1H3,(H,22,24);1H. The number of nitrogens with one attached hydrogen (secondary N) is 1. The minimum absolute atomic E-state index is 0. The van der Waals surface area contributed by atoms with Crippen LogP contribution in [0, 0.1) is 0 Å². The van der Waals surface area contributed by atoms with Crippen molar-refractivity contribution in [3.63, 3.8) is 0 Å². The maximum Gasteiger partial charge on any atom is 0.193 e. The van der Waals surface area contributed by atoms with Crippen LogP contribution in [0.4, 0.5) is 0 Å². The Hall–Kier alpha value is -1.45. The van der Waals surface area contributed by atoms with E-state index in [1.165, 1.54) is 10.9 Å². The van der Waals surface area contributed by atoms with Crippen molar-refractivity contribution >= 4 is 40.8 Å². The number of pyridine rings is 1. The summed E-state index contributed by atoms with van der Waals surface area (Å²) in [6.07, 6.45) is 5.37. The van der Waals surface area contributed by atoms with Crippen LogP contribution in [-0.4, -0.2) is 67.9 Å². The molecule has 28 heavy (non-hydrogen) atoms. The van der Waals surface area contributed by atoms with E-state index in [0.717, 1.165) is 63.6 Å². The van der Waals surface area contributed by atoms with Crippen LogP contribution in [0.3, 0.4) is 0 Å². The van der Waals surface area contributed by atoms with Gasteiger partial charge in [-0.15, -0.1) is 24.0 Å². The number of aliphatic imine (C=N–C) groups is 1. The fourth-order valence-electron chi connectivity index (χ4n) is 4.00. The first-order valence-corrected chi connectivity index (χ1v) is 9.86. The number of rotatable bonds is 4. The number of benzene rings is 1. The van der Waals surface area contributed by atoms with E-state index in [4.69, 9.17) is 9.47 Å². The summed E-state index contributed by atoms with van der Waals surface area (Å²) in [7, 11) is 1.85. The molecule has 0 radical (unpaired) electrons. The molecule has 0 spiro atoms. The maximum atomic E-state index is 5.95. The van der Waals surface area contributed by atoms with Crippen molar-refractivity contribution in [3.8, 4) is 0 Å². The average molecular weight is 496 g/mol. The minimum atomic E-state index is 0. The average Bonchev–Trinajstić information content (AvgIpc) is 3.26. The van der Waals surface area contributed by atoms with Gasteiger partial charge in [0.25, 0.3) is 0 Å². The zero-order chi connectivity index (χ0) is 18.5. The van der Waals surface area contributed by atoms with E-state index in [9.17, 15) is 0 Å². The van der Waals surface area contributed by atoms with Crippen LogP contribution in [0.15, 0.2) is 41.5 Å². The first-order valence-electron chi connectivity index (χ1n) is 9.86. The molecule has 2 aliphatic rings. The van der Waals surface area contributed by atoms with Gasteiger partial charge in [0.05, 0.1) is 18.2 Å². The van der Waals surface area contributed by atoms with Crippen LogP contribution in [0.1, 0.15) is 18.4 Å². The lowest BCUT2D eigenvalue weighted by molar-refractivity contribution is -0.0816. The van der Waals surface area contributed by atoms with Crippen LogP contribution in [0.25, 0.3) is 10.9 Å². The van der Waals surface area contributed by atoms with Gasteiger partial charge in [-0.25, -0.2) is 0 Å². The lowest BCUT2D eigenvalue weighted by atomic mass is 10.1. The Morgan fingerprint density at radius 1 is 1.21 bits per heavy atom. The van der Waals surface area contributed by atoms with Crippen LogP contribution in [0.5, 0.6) is 0 Å². The lowest BCUT2D eigenvalue weighted by Crippen LogP contribution is -2.53. The number of halogens is 1. The molecule has 1 aromatic heterocycles. The summed E-state index contributed by atoms with van der Waals surface area (Å²) in [5, 5.41) is 4.70. The van der Waals surface area contributed by atoms with Crippen molar-refractivity contribution in [2.75, 3.05) is 39.9 Å². The Kier molecular flexibility index (Phi) is 7.87. The third-order valence-electron chi connectivity index (χ3n) is 5.38. The van der Waals surface area contributed by atoms with Gasteiger partial charge in [0.15, 0.2) is 5.96 Å². The van der Waals surface area contributed by atoms with Crippen LogP contribution in [-0.2, 0) is 15.9 Å². The summed E-state index contributed by atoms with van der Waals surface area (Å²) < 4.78 is 11.8. The summed E-state index contributed by atoms with van der Waals surface area (Å²) in [6.45, 7) is 4.10. The van der Waals surface area contributed by atoms with Gasteiger partial charge in [-0.3, -0.25) is 9.98 Å². The number of aromatic nitrogens is 1. The zero-order valence-electron chi connectivity index (χ0n) is 16.3. The van der Waals surface area contributed by atoms with E-state index in [0.29, 0.717) is 0 Å². The number of para-hydroxylation sites is 1. The van der Waals surface area contributed by atoms with Crippen molar-refractivity contribution in [1.29, 1.82) is 0 Å². The van der Waals surface area contributed by atoms with E-state index in [2.05, 4.69) is 44.5 Å². The lowest BCUT2D eigenvalue weighted by Gasteiger charge is -2.37. The van der Waals surface area contributed by atoms with Crippen LogP contribution >= 0.6 is 24.0 Å². The summed E-state index contributed by atoms with van der Waals surface area (Å²) >= 11 is 0. The molecule has 1 aromatic carbocycles. The molecule has 0 saturated carbocycles. The first kappa shape index (κ1) is 21.3. The van der Waals surface area contributed by atoms with Crippen molar-refractivity contribution in [1.82, 2.24) is 15.2 Å². The molecule has 2 fully saturated rings. The highest BCUT2D eigenvalue weighted by molar-refractivity contribution is 14.0. The molecule has 2 saturated heterocycles. The summed E-state index contributed by atoms with van der Waals surface area (Å²) in [5.41, 5.74) is 2.34. The third-order valence-corrected chi connectivity index (χ3v) is 5.38. The SMILES string of the molecule is CN=C(NCCc1cccc2cccnc12)N1CCOC(C2CCCO2)C1.I. The Labute approximate surface area is 183 Å². The number of ether oxygens (including phenoxy) is 2. The van der Waals surface area contributed by atoms with E-state index in [1.807, 2.05) is 19.3 Å². The first-order chi connectivity index (χ1) is 13.3. The molecule has 3 heterocycles. The van der Waals surface area contributed by atoms with Gasteiger partial charge in [-0.1, -0.05) is 24.3 Å². The van der Waals surface area contributed by atoms with Gasteiger partial charge in [-0.2, -0.15) is 0 Å². The highest BCUT2D eigenvalue weighted by atomic mass is 127. The van der Waals surface area contributed by atoms with Gasteiger partial charge in [-0.05, 0) is 30.9 Å². The molecule has 0 aliphatic carbocycles. The molecule has 2 aliphatic heterocycles. The number of morpholine rings is 1. The normalized spacial score (nSPS) is 22.9. The molecule has 2 unspecified atom stereocenters. The summed E-state index contributed by atoms with van der Waals surface area (Å²) in [6, 6.07) is 10.5. The fourth-order valence-corrected chi connectivity index (χ4v) is 4.00. The molecule has 2 aromatic rings. The van der Waals surface area contributed by atoms with Crippen LogP contribution < -0.4 is 5.32 Å².